The molecule has 0 saturated heterocycles. The highest BCUT2D eigenvalue weighted by Crippen LogP contribution is 2.16. The summed E-state index contributed by atoms with van der Waals surface area (Å²) in [6, 6.07) is 2.49. The Bertz CT molecular complexity index is 379. The van der Waals surface area contributed by atoms with Crippen LogP contribution >= 0.6 is 11.6 Å². The van der Waals surface area contributed by atoms with Gasteiger partial charge in [-0.25, -0.2) is 0 Å². The van der Waals surface area contributed by atoms with Crippen molar-refractivity contribution in [2.24, 2.45) is 0 Å². The third kappa shape index (κ3) is 3.65. The average molecular weight is 254 g/mol. The van der Waals surface area contributed by atoms with Gasteiger partial charge in [-0.2, -0.15) is 13.2 Å². The molecule has 8 heteroatoms. The average Bonchev–Trinajstić information content (AvgIpc) is 2.15. The van der Waals surface area contributed by atoms with E-state index >= 15 is 0 Å². The van der Waals surface area contributed by atoms with E-state index in [4.69, 9.17) is 11.6 Å². The highest BCUT2D eigenvalue weighted by Gasteiger charge is 2.31. The number of aromatic nitrogens is 2. The molecule has 0 saturated carbocycles. The van der Waals surface area contributed by atoms with Gasteiger partial charge in [0.05, 0.1) is 0 Å². The monoisotopic (exact) mass is 253 g/mol. The first kappa shape index (κ1) is 12.7. The van der Waals surface area contributed by atoms with Gasteiger partial charge in [0.1, 0.15) is 6.54 Å². The Morgan fingerprint density at radius 2 is 2.06 bits per heavy atom. The summed E-state index contributed by atoms with van der Waals surface area (Å²) >= 11 is 5.42. The third-order valence-corrected chi connectivity index (χ3v) is 1.82. The fourth-order valence-corrected chi connectivity index (χ4v) is 1.07. The van der Waals surface area contributed by atoms with E-state index in [0.717, 1.165) is 7.05 Å². The van der Waals surface area contributed by atoms with E-state index in [1.807, 2.05) is 0 Å². The van der Waals surface area contributed by atoms with E-state index < -0.39 is 18.6 Å². The molecule has 1 amide bonds. The normalized spacial score (nSPS) is 11.3. The van der Waals surface area contributed by atoms with Gasteiger partial charge in [0.2, 0.25) is 0 Å². The molecule has 0 bridgehead atoms. The van der Waals surface area contributed by atoms with Gasteiger partial charge < -0.3 is 4.90 Å². The van der Waals surface area contributed by atoms with Gasteiger partial charge in [0, 0.05) is 7.05 Å². The minimum absolute atomic E-state index is 0.0648. The molecule has 0 aromatic carbocycles. The zero-order valence-corrected chi connectivity index (χ0v) is 8.88. The maximum Gasteiger partial charge on any atom is 0.406 e. The molecule has 0 aliphatic carbocycles. The van der Waals surface area contributed by atoms with Crippen LogP contribution in [0.25, 0.3) is 0 Å². The van der Waals surface area contributed by atoms with Crippen molar-refractivity contribution in [1.29, 1.82) is 0 Å². The van der Waals surface area contributed by atoms with Crippen molar-refractivity contribution in [1.82, 2.24) is 15.1 Å². The van der Waals surface area contributed by atoms with Crippen LogP contribution < -0.4 is 0 Å². The SMILES string of the molecule is CN(CC(F)(F)F)C(=O)c1ccc(Cl)nn1. The van der Waals surface area contributed by atoms with Crippen LogP contribution in [-0.4, -0.2) is 40.8 Å². The number of alkyl halides is 3. The van der Waals surface area contributed by atoms with Gasteiger partial charge in [0.15, 0.2) is 10.8 Å². The standard InChI is InChI=1S/C8H7ClF3N3O/c1-15(4-8(10,11)12)7(16)5-2-3-6(9)14-13-5/h2-3H,4H2,1H3. The van der Waals surface area contributed by atoms with Gasteiger partial charge in [-0.05, 0) is 12.1 Å². The van der Waals surface area contributed by atoms with E-state index in [0.29, 0.717) is 4.90 Å². The second-order valence-electron chi connectivity index (χ2n) is 3.02. The molecule has 0 spiro atoms. The predicted molar refractivity (Wildman–Crippen MR) is 50.1 cm³/mol. The molecule has 0 N–H and O–H groups in total. The molecule has 0 radical (unpaired) electrons. The van der Waals surface area contributed by atoms with Crippen LogP contribution in [0, 0.1) is 0 Å². The minimum Gasteiger partial charge on any atom is -0.331 e. The summed E-state index contributed by atoms with van der Waals surface area (Å²) in [6.45, 7) is -1.34. The van der Waals surface area contributed by atoms with Crippen molar-refractivity contribution in [2.75, 3.05) is 13.6 Å². The number of amides is 1. The first-order valence-corrected chi connectivity index (χ1v) is 4.49. The first-order chi connectivity index (χ1) is 7.29. The molecule has 16 heavy (non-hydrogen) atoms. The number of nitrogens with zero attached hydrogens (tertiary/aromatic N) is 3. The summed E-state index contributed by atoms with van der Waals surface area (Å²) in [6.07, 6.45) is -4.44. The summed E-state index contributed by atoms with van der Waals surface area (Å²) in [5, 5.41) is 6.82. The second kappa shape index (κ2) is 4.65. The Balaban J connectivity index is 2.74. The van der Waals surface area contributed by atoms with Crippen molar-refractivity contribution < 1.29 is 18.0 Å². The fourth-order valence-electron chi connectivity index (χ4n) is 0.966. The Kier molecular flexibility index (Phi) is 3.69. The van der Waals surface area contributed by atoms with Crippen LogP contribution in [0.15, 0.2) is 12.1 Å². The molecule has 1 aromatic heterocycles. The smallest absolute Gasteiger partial charge is 0.331 e. The van der Waals surface area contributed by atoms with Crippen molar-refractivity contribution in [2.45, 2.75) is 6.18 Å². The van der Waals surface area contributed by atoms with Gasteiger partial charge in [-0.1, -0.05) is 11.6 Å². The minimum atomic E-state index is -4.44. The highest BCUT2D eigenvalue weighted by molar-refractivity contribution is 6.29. The molecule has 0 unspecified atom stereocenters. The number of carbonyl (C=O) groups is 1. The summed E-state index contributed by atoms with van der Waals surface area (Å²) in [7, 11) is 1.03. The lowest BCUT2D eigenvalue weighted by atomic mass is 10.3. The van der Waals surface area contributed by atoms with Crippen LogP contribution in [-0.2, 0) is 0 Å². The van der Waals surface area contributed by atoms with E-state index in [9.17, 15) is 18.0 Å². The summed E-state index contributed by atoms with van der Waals surface area (Å²) in [5.74, 6) is -0.860. The zero-order valence-electron chi connectivity index (χ0n) is 8.12. The molecule has 0 fully saturated rings. The predicted octanol–water partition coefficient (Wildman–Crippen LogP) is 1.76. The summed E-state index contributed by atoms with van der Waals surface area (Å²) in [5.41, 5.74) is -0.184. The van der Waals surface area contributed by atoms with Gasteiger partial charge in [-0.3, -0.25) is 4.79 Å². The largest absolute Gasteiger partial charge is 0.406 e. The highest BCUT2D eigenvalue weighted by atomic mass is 35.5. The number of carbonyl (C=O) groups excluding carboxylic acids is 1. The number of halogens is 4. The van der Waals surface area contributed by atoms with Crippen molar-refractivity contribution in [3.05, 3.63) is 23.0 Å². The van der Waals surface area contributed by atoms with Crippen LogP contribution in [0.3, 0.4) is 0 Å². The topological polar surface area (TPSA) is 46.1 Å². The van der Waals surface area contributed by atoms with E-state index in [1.165, 1.54) is 12.1 Å². The molecular weight excluding hydrogens is 247 g/mol. The second-order valence-corrected chi connectivity index (χ2v) is 3.40. The lowest BCUT2D eigenvalue weighted by Gasteiger charge is -2.17. The van der Waals surface area contributed by atoms with Gasteiger partial charge >= 0.3 is 6.18 Å². The van der Waals surface area contributed by atoms with Crippen LogP contribution in [0.2, 0.25) is 5.15 Å². The van der Waals surface area contributed by atoms with Crippen LogP contribution in [0.1, 0.15) is 10.5 Å². The number of rotatable bonds is 2. The number of hydrogen-bond acceptors (Lipinski definition) is 3. The van der Waals surface area contributed by atoms with Crippen molar-refractivity contribution in [3.63, 3.8) is 0 Å². The molecule has 0 atom stereocenters. The maximum atomic E-state index is 12.0. The van der Waals surface area contributed by atoms with E-state index in [-0.39, 0.29) is 10.8 Å². The lowest BCUT2D eigenvalue weighted by molar-refractivity contribution is -0.138. The molecule has 1 heterocycles. The third-order valence-electron chi connectivity index (χ3n) is 1.61. The van der Waals surface area contributed by atoms with E-state index in [2.05, 4.69) is 10.2 Å². The molecule has 0 aliphatic rings. The van der Waals surface area contributed by atoms with Crippen LogP contribution in [0.4, 0.5) is 13.2 Å². The van der Waals surface area contributed by atoms with Crippen molar-refractivity contribution >= 4 is 17.5 Å². The summed E-state index contributed by atoms with van der Waals surface area (Å²) in [4.78, 5) is 11.9. The quantitative estimate of drug-likeness (QED) is 0.807. The Labute approximate surface area is 94.0 Å². The molecule has 1 aromatic rings. The molecule has 88 valence electrons. The Hall–Kier alpha value is -1.37. The number of hydrogen-bond donors (Lipinski definition) is 0. The summed E-state index contributed by atoms with van der Waals surface area (Å²) < 4.78 is 36.0. The first-order valence-electron chi connectivity index (χ1n) is 4.11. The molecule has 0 aliphatic heterocycles. The Morgan fingerprint density at radius 1 is 1.44 bits per heavy atom. The van der Waals surface area contributed by atoms with E-state index in [1.54, 1.807) is 0 Å². The lowest BCUT2D eigenvalue weighted by Crippen LogP contribution is -2.36. The zero-order chi connectivity index (χ0) is 12.3. The maximum absolute atomic E-state index is 12.0. The molecule has 4 nitrogen and oxygen atoms in total. The molecule has 1 rings (SSSR count). The van der Waals surface area contributed by atoms with Crippen LogP contribution in [0.5, 0.6) is 0 Å². The van der Waals surface area contributed by atoms with Gasteiger partial charge in [0.25, 0.3) is 5.91 Å². The van der Waals surface area contributed by atoms with Crippen molar-refractivity contribution in [3.8, 4) is 0 Å². The molecular formula is C8H7ClF3N3O. The fraction of sp³-hybridized carbons (Fsp3) is 0.375. The van der Waals surface area contributed by atoms with Gasteiger partial charge in [-0.15, -0.1) is 10.2 Å². The Morgan fingerprint density at radius 3 is 2.50 bits per heavy atom.